The maximum atomic E-state index is 12.0. The van der Waals surface area contributed by atoms with Gasteiger partial charge in [0.1, 0.15) is 5.82 Å². The predicted molar refractivity (Wildman–Crippen MR) is 105 cm³/mol. The molecule has 1 aromatic carbocycles. The van der Waals surface area contributed by atoms with Gasteiger partial charge in [0.2, 0.25) is 11.8 Å². The van der Waals surface area contributed by atoms with Crippen LogP contribution in [0, 0.1) is 6.92 Å². The molecule has 0 aliphatic rings. The Hall–Kier alpha value is -3.35. The van der Waals surface area contributed by atoms with Gasteiger partial charge in [-0.25, -0.2) is 15.0 Å². The highest BCUT2D eigenvalue weighted by Gasteiger charge is 2.12. The maximum Gasteiger partial charge on any atom is 0.226 e. The summed E-state index contributed by atoms with van der Waals surface area (Å²) in [6.45, 7) is 1.86. The SMILES string of the molecule is COc1ncc(C=Nc2ccc3nc(C)ncc3c2)cc1CC(=O)N(C)C. The molecule has 0 atom stereocenters. The first-order valence-electron chi connectivity index (χ1n) is 8.47. The summed E-state index contributed by atoms with van der Waals surface area (Å²) in [7, 11) is 4.98. The predicted octanol–water partition coefficient (Wildman–Crippen LogP) is 2.72. The second-order valence-corrected chi connectivity index (χ2v) is 6.32. The van der Waals surface area contributed by atoms with Gasteiger partial charge in [0.15, 0.2) is 0 Å². The van der Waals surface area contributed by atoms with Crippen LogP contribution in [0.15, 0.2) is 41.7 Å². The van der Waals surface area contributed by atoms with Gasteiger partial charge in [-0.3, -0.25) is 9.79 Å². The summed E-state index contributed by atoms with van der Waals surface area (Å²) in [5.74, 6) is 1.16. The van der Waals surface area contributed by atoms with Gasteiger partial charge in [0.25, 0.3) is 0 Å². The summed E-state index contributed by atoms with van der Waals surface area (Å²) < 4.78 is 5.26. The fourth-order valence-corrected chi connectivity index (χ4v) is 2.56. The minimum absolute atomic E-state index is 0.0194. The lowest BCUT2D eigenvalue weighted by Gasteiger charge is -2.12. The Morgan fingerprint density at radius 1 is 1.22 bits per heavy atom. The second-order valence-electron chi connectivity index (χ2n) is 6.32. The lowest BCUT2D eigenvalue weighted by atomic mass is 10.1. The fourth-order valence-electron chi connectivity index (χ4n) is 2.56. The molecule has 138 valence electrons. The molecular weight excluding hydrogens is 342 g/mol. The maximum absolute atomic E-state index is 12.0. The van der Waals surface area contributed by atoms with Crippen LogP contribution in [0.25, 0.3) is 10.9 Å². The smallest absolute Gasteiger partial charge is 0.226 e. The van der Waals surface area contributed by atoms with Gasteiger partial charge < -0.3 is 9.64 Å². The van der Waals surface area contributed by atoms with Crippen molar-refractivity contribution in [2.75, 3.05) is 21.2 Å². The Labute approximate surface area is 157 Å². The van der Waals surface area contributed by atoms with Crippen molar-refractivity contribution < 1.29 is 9.53 Å². The molecule has 0 N–H and O–H groups in total. The zero-order chi connectivity index (χ0) is 19.4. The molecule has 0 spiro atoms. The zero-order valence-corrected chi connectivity index (χ0v) is 15.8. The Morgan fingerprint density at radius 3 is 2.78 bits per heavy atom. The molecule has 0 saturated carbocycles. The lowest BCUT2D eigenvalue weighted by molar-refractivity contribution is -0.127. The molecule has 0 saturated heterocycles. The van der Waals surface area contributed by atoms with Crippen molar-refractivity contribution in [1.29, 1.82) is 0 Å². The average molecular weight is 363 g/mol. The fraction of sp³-hybridized carbons (Fsp3) is 0.250. The monoisotopic (exact) mass is 363 g/mol. The van der Waals surface area contributed by atoms with Crippen LogP contribution < -0.4 is 4.74 Å². The third kappa shape index (κ3) is 4.44. The molecule has 27 heavy (non-hydrogen) atoms. The molecule has 0 fully saturated rings. The Morgan fingerprint density at radius 2 is 2.04 bits per heavy atom. The van der Waals surface area contributed by atoms with Gasteiger partial charge in [-0.05, 0) is 31.2 Å². The van der Waals surface area contributed by atoms with Crippen LogP contribution in [-0.2, 0) is 11.2 Å². The summed E-state index contributed by atoms with van der Waals surface area (Å²) in [5, 5.41) is 0.931. The van der Waals surface area contributed by atoms with Gasteiger partial charge >= 0.3 is 0 Å². The molecule has 0 radical (unpaired) electrons. The number of benzene rings is 1. The number of methoxy groups -OCH3 is 1. The van der Waals surface area contributed by atoms with Crippen LogP contribution in [0.5, 0.6) is 5.88 Å². The number of aryl methyl sites for hydroxylation is 1. The Balaban J connectivity index is 1.86. The number of carbonyl (C=O) groups excluding carboxylic acids is 1. The molecule has 3 rings (SSSR count). The molecule has 0 aliphatic carbocycles. The molecule has 1 amide bonds. The molecular formula is C20H21N5O2. The third-order valence-electron chi connectivity index (χ3n) is 4.03. The van der Waals surface area contributed by atoms with Gasteiger partial charge in [-0.1, -0.05) is 0 Å². The highest BCUT2D eigenvalue weighted by molar-refractivity contribution is 5.86. The van der Waals surface area contributed by atoms with E-state index in [2.05, 4.69) is 19.9 Å². The number of ether oxygens (including phenoxy) is 1. The van der Waals surface area contributed by atoms with E-state index in [1.807, 2.05) is 31.2 Å². The van der Waals surface area contributed by atoms with E-state index in [1.54, 1.807) is 44.7 Å². The molecule has 2 aromatic heterocycles. The number of aromatic nitrogens is 3. The number of amides is 1. The molecule has 2 heterocycles. The standard InChI is InChI=1S/C20H21N5O2/c1-13-21-12-16-8-17(5-6-18(16)24-13)22-10-14-7-15(9-19(26)25(2)3)20(27-4)23-11-14/h5-8,10-12H,9H2,1-4H3. The number of aliphatic imine (C=N–C) groups is 1. The largest absolute Gasteiger partial charge is 0.481 e. The first-order valence-corrected chi connectivity index (χ1v) is 8.47. The normalized spacial score (nSPS) is 11.1. The molecule has 0 bridgehead atoms. The third-order valence-corrected chi connectivity index (χ3v) is 4.03. The summed E-state index contributed by atoms with van der Waals surface area (Å²) >= 11 is 0. The Kier molecular flexibility index (Phi) is 5.40. The van der Waals surface area contributed by atoms with Crippen molar-refractivity contribution in [3.8, 4) is 5.88 Å². The number of nitrogens with zero attached hydrogens (tertiary/aromatic N) is 5. The molecule has 7 nitrogen and oxygen atoms in total. The number of hydrogen-bond donors (Lipinski definition) is 0. The van der Waals surface area contributed by atoms with Crippen molar-refractivity contribution >= 4 is 28.7 Å². The summed E-state index contributed by atoms with van der Waals surface area (Å²) in [6, 6.07) is 7.62. The summed E-state index contributed by atoms with van der Waals surface area (Å²) in [5.41, 5.74) is 3.19. The van der Waals surface area contributed by atoms with Crippen LogP contribution in [0.3, 0.4) is 0 Å². The van der Waals surface area contributed by atoms with Crippen molar-refractivity contribution in [1.82, 2.24) is 19.9 Å². The molecule has 0 aliphatic heterocycles. The topological polar surface area (TPSA) is 80.6 Å². The average Bonchev–Trinajstić information content (AvgIpc) is 2.66. The first kappa shape index (κ1) is 18.4. The van der Waals surface area contributed by atoms with E-state index < -0.39 is 0 Å². The highest BCUT2D eigenvalue weighted by Crippen LogP contribution is 2.21. The summed E-state index contributed by atoms with van der Waals surface area (Å²) in [6.07, 6.45) is 5.39. The number of rotatable bonds is 5. The van der Waals surface area contributed by atoms with Gasteiger partial charge in [-0.15, -0.1) is 0 Å². The number of carbonyl (C=O) groups is 1. The van der Waals surface area contributed by atoms with Gasteiger partial charge in [0.05, 0.1) is 24.7 Å². The van der Waals surface area contributed by atoms with E-state index >= 15 is 0 Å². The zero-order valence-electron chi connectivity index (χ0n) is 15.8. The van der Waals surface area contributed by atoms with Gasteiger partial charge in [0, 0.05) is 49.2 Å². The van der Waals surface area contributed by atoms with Crippen LogP contribution in [0.1, 0.15) is 17.0 Å². The minimum Gasteiger partial charge on any atom is -0.481 e. The molecule has 0 unspecified atom stereocenters. The van der Waals surface area contributed by atoms with Crippen molar-refractivity contribution in [2.45, 2.75) is 13.3 Å². The molecule has 7 heteroatoms. The number of hydrogen-bond acceptors (Lipinski definition) is 6. The summed E-state index contributed by atoms with van der Waals surface area (Å²) in [4.78, 5) is 30.9. The van der Waals surface area contributed by atoms with E-state index in [9.17, 15) is 4.79 Å². The van der Waals surface area contributed by atoms with Crippen molar-refractivity contribution in [3.05, 3.63) is 53.6 Å². The number of pyridine rings is 1. The Bertz CT molecular complexity index is 1010. The van der Waals surface area contributed by atoms with E-state index in [4.69, 9.17) is 4.74 Å². The van der Waals surface area contributed by atoms with E-state index in [0.717, 1.165) is 33.5 Å². The van der Waals surface area contributed by atoms with Crippen molar-refractivity contribution in [3.63, 3.8) is 0 Å². The van der Waals surface area contributed by atoms with E-state index in [1.165, 1.54) is 0 Å². The van der Waals surface area contributed by atoms with Crippen LogP contribution in [0.2, 0.25) is 0 Å². The second kappa shape index (κ2) is 7.90. The van der Waals surface area contributed by atoms with E-state index in [0.29, 0.717) is 5.88 Å². The van der Waals surface area contributed by atoms with E-state index in [-0.39, 0.29) is 12.3 Å². The van der Waals surface area contributed by atoms with Crippen LogP contribution >= 0.6 is 0 Å². The quantitative estimate of drug-likeness (QED) is 0.651. The number of likely N-dealkylation sites (N-methyl/N-ethyl adjacent to an activating group) is 1. The minimum atomic E-state index is -0.0194. The lowest BCUT2D eigenvalue weighted by Crippen LogP contribution is -2.23. The molecule has 3 aromatic rings. The number of fused-ring (bicyclic) bond motifs is 1. The van der Waals surface area contributed by atoms with Crippen LogP contribution in [0.4, 0.5) is 5.69 Å². The first-order chi connectivity index (χ1) is 13.0. The van der Waals surface area contributed by atoms with Crippen molar-refractivity contribution in [2.24, 2.45) is 4.99 Å². The van der Waals surface area contributed by atoms with Gasteiger partial charge in [-0.2, -0.15) is 0 Å². The van der Waals surface area contributed by atoms with Crippen LogP contribution in [-0.4, -0.2) is 53.2 Å². The highest BCUT2D eigenvalue weighted by atomic mass is 16.5.